The lowest BCUT2D eigenvalue weighted by Gasteiger charge is -2.03. The van der Waals surface area contributed by atoms with Crippen molar-refractivity contribution in [1.29, 1.82) is 0 Å². The van der Waals surface area contributed by atoms with Crippen LogP contribution in [-0.2, 0) is 10.2 Å². The summed E-state index contributed by atoms with van der Waals surface area (Å²) in [5, 5.41) is 0.989. The second-order valence-corrected chi connectivity index (χ2v) is 4.63. The Morgan fingerprint density at radius 1 is 1.20 bits per heavy atom. The zero-order valence-corrected chi connectivity index (χ0v) is 8.89. The van der Waals surface area contributed by atoms with Gasteiger partial charge in [0.2, 0.25) is 0 Å². The van der Waals surface area contributed by atoms with Gasteiger partial charge in [0.1, 0.15) is 4.90 Å². The highest BCUT2D eigenvalue weighted by atomic mass is 35.5. The number of hydrogen-bond acceptors (Lipinski definition) is 3. The van der Waals surface area contributed by atoms with E-state index in [1.54, 1.807) is 0 Å². The molecular weight excluding hydrogens is 241 g/mol. The van der Waals surface area contributed by atoms with Crippen LogP contribution in [0, 0.1) is 0 Å². The highest BCUT2D eigenvalue weighted by molar-refractivity contribution is 7.86. The standard InChI is InChI=1S/C9H5ClFNO2S/c10-8-1-2-9(15(11,13)14)6-3-4-12-5-7(6)8/h1-5H. The third kappa shape index (κ3) is 1.80. The largest absolute Gasteiger partial charge is 0.332 e. The second kappa shape index (κ2) is 3.43. The van der Waals surface area contributed by atoms with Crippen molar-refractivity contribution >= 4 is 32.6 Å². The average Bonchev–Trinajstić information content (AvgIpc) is 2.17. The number of halogens is 2. The van der Waals surface area contributed by atoms with Crippen LogP contribution in [0.1, 0.15) is 0 Å². The van der Waals surface area contributed by atoms with E-state index < -0.39 is 10.2 Å². The number of pyridine rings is 1. The van der Waals surface area contributed by atoms with E-state index in [4.69, 9.17) is 11.6 Å². The molecule has 0 unspecified atom stereocenters. The van der Waals surface area contributed by atoms with Gasteiger partial charge in [-0.25, -0.2) is 0 Å². The number of fused-ring (bicyclic) bond motifs is 1. The Labute approximate surface area is 90.7 Å². The zero-order valence-electron chi connectivity index (χ0n) is 7.31. The highest BCUT2D eigenvalue weighted by Crippen LogP contribution is 2.29. The van der Waals surface area contributed by atoms with Crippen molar-refractivity contribution in [2.45, 2.75) is 4.90 Å². The van der Waals surface area contributed by atoms with E-state index in [9.17, 15) is 12.3 Å². The molecule has 3 nitrogen and oxygen atoms in total. The van der Waals surface area contributed by atoms with Gasteiger partial charge in [0, 0.05) is 23.2 Å². The molecule has 0 aliphatic carbocycles. The molecule has 1 aromatic carbocycles. The lowest BCUT2D eigenvalue weighted by atomic mass is 10.2. The van der Waals surface area contributed by atoms with E-state index in [2.05, 4.69) is 4.98 Å². The average molecular weight is 246 g/mol. The monoisotopic (exact) mass is 245 g/mol. The van der Waals surface area contributed by atoms with Gasteiger partial charge >= 0.3 is 10.2 Å². The lowest BCUT2D eigenvalue weighted by molar-refractivity contribution is 0.553. The molecule has 15 heavy (non-hydrogen) atoms. The molecule has 0 saturated heterocycles. The first-order valence-corrected chi connectivity index (χ1v) is 5.73. The number of benzene rings is 1. The minimum atomic E-state index is -4.73. The third-order valence-electron chi connectivity index (χ3n) is 1.99. The molecule has 1 heterocycles. The molecule has 0 atom stereocenters. The summed E-state index contributed by atoms with van der Waals surface area (Å²) < 4.78 is 34.5. The predicted octanol–water partition coefficient (Wildman–Crippen LogP) is 2.55. The Kier molecular flexibility index (Phi) is 2.36. The van der Waals surface area contributed by atoms with Crippen LogP contribution in [0.15, 0.2) is 35.5 Å². The van der Waals surface area contributed by atoms with E-state index in [0.29, 0.717) is 10.4 Å². The maximum absolute atomic E-state index is 12.9. The highest BCUT2D eigenvalue weighted by Gasteiger charge is 2.16. The molecule has 1 aromatic heterocycles. The minimum Gasteiger partial charge on any atom is -0.264 e. The van der Waals surface area contributed by atoms with Crippen molar-refractivity contribution in [2.75, 3.05) is 0 Å². The fourth-order valence-electron chi connectivity index (χ4n) is 1.34. The molecular formula is C9H5ClFNO2S. The van der Waals surface area contributed by atoms with Crippen LogP contribution in [0.3, 0.4) is 0 Å². The molecule has 0 aliphatic heterocycles. The van der Waals surface area contributed by atoms with Gasteiger partial charge in [0.15, 0.2) is 0 Å². The molecule has 2 aromatic rings. The van der Waals surface area contributed by atoms with Crippen LogP contribution in [0.4, 0.5) is 3.89 Å². The first-order chi connectivity index (χ1) is 7.00. The normalized spacial score (nSPS) is 11.9. The predicted molar refractivity (Wildman–Crippen MR) is 55.0 cm³/mol. The number of aromatic nitrogens is 1. The molecule has 0 amide bonds. The van der Waals surface area contributed by atoms with E-state index in [0.717, 1.165) is 6.07 Å². The van der Waals surface area contributed by atoms with Crippen LogP contribution >= 0.6 is 11.6 Å². The summed E-state index contributed by atoms with van der Waals surface area (Å²) in [6, 6.07) is 3.88. The smallest absolute Gasteiger partial charge is 0.264 e. The maximum atomic E-state index is 12.9. The first-order valence-electron chi connectivity index (χ1n) is 3.97. The van der Waals surface area contributed by atoms with Crippen molar-refractivity contribution in [3.05, 3.63) is 35.6 Å². The summed E-state index contributed by atoms with van der Waals surface area (Å²) in [5.74, 6) is 0. The molecule has 0 saturated carbocycles. The maximum Gasteiger partial charge on any atom is 0.332 e. The number of rotatable bonds is 1. The Balaban J connectivity index is 2.96. The fourth-order valence-corrected chi connectivity index (χ4v) is 2.23. The van der Waals surface area contributed by atoms with E-state index >= 15 is 0 Å². The summed E-state index contributed by atoms with van der Waals surface area (Å²) >= 11 is 5.82. The van der Waals surface area contributed by atoms with Gasteiger partial charge in [-0.1, -0.05) is 11.6 Å². The van der Waals surface area contributed by atoms with Gasteiger partial charge in [-0.3, -0.25) is 4.98 Å². The molecule has 0 radical (unpaired) electrons. The first kappa shape index (κ1) is 10.3. The molecule has 0 spiro atoms. The molecule has 0 bridgehead atoms. The Morgan fingerprint density at radius 3 is 2.60 bits per heavy atom. The van der Waals surface area contributed by atoms with Crippen LogP contribution < -0.4 is 0 Å². The minimum absolute atomic E-state index is 0.236. The number of hydrogen-bond donors (Lipinski definition) is 0. The van der Waals surface area contributed by atoms with Gasteiger partial charge in [0.25, 0.3) is 0 Å². The Bertz CT molecular complexity index is 627. The van der Waals surface area contributed by atoms with Crippen LogP contribution in [0.2, 0.25) is 5.02 Å². The Morgan fingerprint density at radius 2 is 1.93 bits per heavy atom. The summed E-state index contributed by atoms with van der Waals surface area (Å²) in [7, 11) is -4.73. The van der Waals surface area contributed by atoms with Crippen LogP contribution in [0.25, 0.3) is 10.8 Å². The van der Waals surface area contributed by atoms with Crippen molar-refractivity contribution in [2.24, 2.45) is 0 Å². The van der Waals surface area contributed by atoms with Gasteiger partial charge in [-0.2, -0.15) is 8.42 Å². The molecule has 0 fully saturated rings. The molecule has 78 valence electrons. The summed E-state index contributed by atoms with van der Waals surface area (Å²) in [6.45, 7) is 0. The van der Waals surface area contributed by atoms with Crippen molar-refractivity contribution in [3.63, 3.8) is 0 Å². The van der Waals surface area contributed by atoms with Crippen LogP contribution in [0.5, 0.6) is 0 Å². The topological polar surface area (TPSA) is 47.0 Å². The van der Waals surface area contributed by atoms with Crippen LogP contribution in [-0.4, -0.2) is 13.4 Å². The fraction of sp³-hybridized carbons (Fsp3) is 0. The molecule has 2 rings (SSSR count). The summed E-state index contributed by atoms with van der Waals surface area (Å²) in [6.07, 6.45) is 2.78. The summed E-state index contributed by atoms with van der Waals surface area (Å²) in [5.41, 5.74) is 0. The van der Waals surface area contributed by atoms with E-state index in [-0.39, 0.29) is 10.3 Å². The lowest BCUT2D eigenvalue weighted by Crippen LogP contribution is -1.93. The molecule has 6 heteroatoms. The van der Waals surface area contributed by atoms with Crippen molar-refractivity contribution in [1.82, 2.24) is 4.98 Å². The third-order valence-corrected chi connectivity index (χ3v) is 3.20. The van der Waals surface area contributed by atoms with Gasteiger partial charge in [-0.15, -0.1) is 3.89 Å². The Hall–Kier alpha value is -1.20. The summed E-state index contributed by atoms with van der Waals surface area (Å²) in [4.78, 5) is 3.41. The molecule has 0 aliphatic rings. The van der Waals surface area contributed by atoms with E-state index in [1.165, 1.54) is 24.5 Å². The SMILES string of the molecule is O=S(=O)(F)c1ccc(Cl)c2cnccc12. The quantitative estimate of drug-likeness (QED) is 0.726. The van der Waals surface area contributed by atoms with Crippen molar-refractivity contribution < 1.29 is 12.3 Å². The van der Waals surface area contributed by atoms with Gasteiger partial charge in [-0.05, 0) is 18.2 Å². The molecule has 0 N–H and O–H groups in total. The second-order valence-electron chi connectivity index (χ2n) is 2.90. The van der Waals surface area contributed by atoms with Gasteiger partial charge in [0.05, 0.1) is 5.02 Å². The van der Waals surface area contributed by atoms with Gasteiger partial charge < -0.3 is 0 Å². The number of nitrogens with zero attached hydrogens (tertiary/aromatic N) is 1. The van der Waals surface area contributed by atoms with E-state index in [1.807, 2.05) is 0 Å². The zero-order chi connectivity index (χ0) is 11.1. The van der Waals surface area contributed by atoms with Crippen molar-refractivity contribution in [3.8, 4) is 0 Å².